The van der Waals surface area contributed by atoms with Crippen LogP contribution in [0.25, 0.3) is 22.4 Å². The van der Waals surface area contributed by atoms with Crippen LogP contribution in [0.1, 0.15) is 12.8 Å². The quantitative estimate of drug-likeness (QED) is 0.781. The largest absolute Gasteiger partial charge is 0.454 e. The van der Waals surface area contributed by atoms with E-state index in [0.29, 0.717) is 11.7 Å². The molecule has 112 valence electrons. The van der Waals surface area contributed by atoms with Crippen LogP contribution in [0, 0.1) is 0 Å². The summed E-state index contributed by atoms with van der Waals surface area (Å²) < 4.78 is 5.76. The fraction of sp³-hybridized carbons (Fsp3) is 0.312. The first kappa shape index (κ1) is 13.2. The van der Waals surface area contributed by atoms with Gasteiger partial charge in [-0.15, -0.1) is 0 Å². The Labute approximate surface area is 127 Å². The number of nitrogens with zero attached hydrogens (tertiary/aromatic N) is 4. The van der Waals surface area contributed by atoms with E-state index in [1.165, 1.54) is 0 Å². The van der Waals surface area contributed by atoms with Gasteiger partial charge in [0.15, 0.2) is 5.58 Å². The summed E-state index contributed by atoms with van der Waals surface area (Å²) in [6, 6.07) is 5.63. The first-order valence-electron chi connectivity index (χ1n) is 7.39. The molecule has 4 rings (SSSR count). The van der Waals surface area contributed by atoms with E-state index in [2.05, 4.69) is 19.9 Å². The molecule has 6 nitrogen and oxygen atoms in total. The Balaban J connectivity index is 1.58. The lowest BCUT2D eigenvalue weighted by atomic mass is 10.1. The first-order chi connectivity index (χ1) is 10.8. The highest BCUT2D eigenvalue weighted by molar-refractivity contribution is 5.78. The monoisotopic (exact) mass is 296 g/mol. The number of pyridine rings is 1. The number of piperidine rings is 1. The van der Waals surface area contributed by atoms with Crippen molar-refractivity contribution in [3.05, 3.63) is 36.8 Å². The molecule has 0 radical (unpaired) electrons. The molecule has 1 aliphatic heterocycles. The first-order valence-corrected chi connectivity index (χ1v) is 7.39. The fourth-order valence-electron chi connectivity index (χ4n) is 2.69. The molecule has 0 atom stereocenters. The van der Waals surface area contributed by atoms with Crippen molar-refractivity contribution >= 4 is 17.0 Å². The molecule has 0 aromatic carbocycles. The van der Waals surface area contributed by atoms with E-state index in [1.807, 2.05) is 18.2 Å². The number of hydrogen-bond donors (Lipinski definition) is 1. The molecule has 1 aliphatic rings. The molecule has 4 heterocycles. The van der Waals surface area contributed by atoms with Crippen LogP contribution >= 0.6 is 0 Å². The minimum atomic E-state index is -0.196. The third-order valence-electron chi connectivity index (χ3n) is 3.96. The molecule has 6 heteroatoms. The Morgan fingerprint density at radius 2 is 1.91 bits per heavy atom. The van der Waals surface area contributed by atoms with E-state index in [4.69, 9.17) is 4.42 Å². The van der Waals surface area contributed by atoms with Gasteiger partial charge >= 0.3 is 0 Å². The lowest BCUT2D eigenvalue weighted by molar-refractivity contribution is 0.145. The molecular weight excluding hydrogens is 280 g/mol. The van der Waals surface area contributed by atoms with E-state index >= 15 is 0 Å². The summed E-state index contributed by atoms with van der Waals surface area (Å²) in [4.78, 5) is 15.2. The van der Waals surface area contributed by atoms with Crippen LogP contribution < -0.4 is 4.90 Å². The lowest BCUT2D eigenvalue weighted by Gasteiger charge is -2.29. The fourth-order valence-corrected chi connectivity index (χ4v) is 2.69. The predicted molar refractivity (Wildman–Crippen MR) is 82.5 cm³/mol. The molecule has 1 fully saturated rings. The van der Waals surface area contributed by atoms with Crippen molar-refractivity contribution in [2.45, 2.75) is 18.9 Å². The number of aliphatic hydroxyl groups is 1. The number of furan rings is 1. The summed E-state index contributed by atoms with van der Waals surface area (Å²) in [6.45, 7) is 1.57. The molecule has 1 saturated heterocycles. The Bertz CT molecular complexity index is 743. The molecule has 22 heavy (non-hydrogen) atoms. The van der Waals surface area contributed by atoms with E-state index < -0.39 is 0 Å². The normalized spacial score (nSPS) is 16.3. The molecular formula is C16H16N4O2. The van der Waals surface area contributed by atoms with Crippen molar-refractivity contribution < 1.29 is 9.52 Å². The topological polar surface area (TPSA) is 75.3 Å². The summed E-state index contributed by atoms with van der Waals surface area (Å²) in [7, 11) is 0. The zero-order valence-corrected chi connectivity index (χ0v) is 12.0. The molecule has 0 amide bonds. The van der Waals surface area contributed by atoms with Crippen LogP contribution in [-0.4, -0.2) is 39.3 Å². The van der Waals surface area contributed by atoms with Crippen LogP contribution in [0.2, 0.25) is 0 Å². The van der Waals surface area contributed by atoms with E-state index in [9.17, 15) is 5.11 Å². The molecule has 0 aliphatic carbocycles. The van der Waals surface area contributed by atoms with Gasteiger partial charge in [-0.25, -0.2) is 9.97 Å². The maximum atomic E-state index is 9.55. The summed E-state index contributed by atoms with van der Waals surface area (Å²) in [5.74, 6) is 1.42. The van der Waals surface area contributed by atoms with E-state index in [-0.39, 0.29) is 6.10 Å². The molecule has 0 saturated carbocycles. The van der Waals surface area contributed by atoms with Crippen molar-refractivity contribution in [1.29, 1.82) is 0 Å². The maximum Gasteiger partial charge on any atom is 0.225 e. The highest BCUT2D eigenvalue weighted by atomic mass is 16.3. The Hall–Kier alpha value is -2.47. The second kappa shape index (κ2) is 5.38. The SMILES string of the molecule is OC1CCN(c2ncc(-c3cc4ncccc4o3)cn2)CC1. The van der Waals surface area contributed by atoms with Crippen LogP contribution in [0.5, 0.6) is 0 Å². The van der Waals surface area contributed by atoms with Gasteiger partial charge in [0.25, 0.3) is 0 Å². The highest BCUT2D eigenvalue weighted by Crippen LogP contribution is 2.26. The third kappa shape index (κ3) is 2.42. The smallest absolute Gasteiger partial charge is 0.225 e. The minimum absolute atomic E-state index is 0.196. The zero-order chi connectivity index (χ0) is 14.9. The minimum Gasteiger partial charge on any atom is -0.454 e. The third-order valence-corrected chi connectivity index (χ3v) is 3.96. The zero-order valence-electron chi connectivity index (χ0n) is 12.0. The number of anilines is 1. The summed E-state index contributed by atoms with van der Waals surface area (Å²) in [5, 5.41) is 9.55. The van der Waals surface area contributed by atoms with Crippen LogP contribution in [0.15, 0.2) is 41.2 Å². The average molecular weight is 296 g/mol. The molecule has 1 N–H and O–H groups in total. The number of aromatic nitrogens is 3. The van der Waals surface area contributed by atoms with E-state index in [0.717, 1.165) is 42.6 Å². The van der Waals surface area contributed by atoms with Gasteiger partial charge in [-0.3, -0.25) is 4.98 Å². The predicted octanol–water partition coefficient (Wildman–Crippen LogP) is 2.25. The second-order valence-electron chi connectivity index (χ2n) is 5.49. The van der Waals surface area contributed by atoms with Crippen molar-refractivity contribution in [3.8, 4) is 11.3 Å². The van der Waals surface area contributed by atoms with Gasteiger partial charge in [-0.2, -0.15) is 0 Å². The summed E-state index contributed by atoms with van der Waals surface area (Å²) in [6.07, 6.45) is 6.61. The van der Waals surface area contributed by atoms with Crippen LogP contribution in [-0.2, 0) is 0 Å². The summed E-state index contributed by atoms with van der Waals surface area (Å²) >= 11 is 0. The van der Waals surface area contributed by atoms with Gasteiger partial charge in [-0.1, -0.05) is 0 Å². The molecule has 0 unspecified atom stereocenters. The van der Waals surface area contributed by atoms with Gasteiger partial charge in [0.2, 0.25) is 5.95 Å². The Morgan fingerprint density at radius 3 is 2.64 bits per heavy atom. The molecule has 3 aromatic rings. The molecule has 0 spiro atoms. The lowest BCUT2D eigenvalue weighted by Crippen LogP contribution is -2.36. The molecule has 3 aromatic heterocycles. The van der Waals surface area contributed by atoms with Gasteiger partial charge in [0, 0.05) is 37.7 Å². The summed E-state index contributed by atoms with van der Waals surface area (Å²) in [5.41, 5.74) is 2.41. The highest BCUT2D eigenvalue weighted by Gasteiger charge is 2.19. The van der Waals surface area contributed by atoms with Gasteiger partial charge in [0.05, 0.1) is 11.7 Å². The number of rotatable bonds is 2. The van der Waals surface area contributed by atoms with Crippen LogP contribution in [0.4, 0.5) is 5.95 Å². The van der Waals surface area contributed by atoms with Gasteiger partial charge in [0.1, 0.15) is 11.3 Å². The number of hydrogen-bond acceptors (Lipinski definition) is 6. The Morgan fingerprint density at radius 1 is 1.14 bits per heavy atom. The van der Waals surface area contributed by atoms with Crippen molar-refractivity contribution in [2.75, 3.05) is 18.0 Å². The van der Waals surface area contributed by atoms with Crippen molar-refractivity contribution in [2.24, 2.45) is 0 Å². The second-order valence-corrected chi connectivity index (χ2v) is 5.49. The van der Waals surface area contributed by atoms with Crippen LogP contribution in [0.3, 0.4) is 0 Å². The van der Waals surface area contributed by atoms with Gasteiger partial charge < -0.3 is 14.4 Å². The number of aliphatic hydroxyl groups excluding tert-OH is 1. The standard InChI is InChI=1S/C16H16N4O2/c21-12-3-6-20(7-4-12)16-18-9-11(10-19-16)15-8-13-14(22-15)2-1-5-17-13/h1-2,5,8-10,12,21H,3-4,6-7H2. The maximum absolute atomic E-state index is 9.55. The van der Waals surface area contributed by atoms with Crippen molar-refractivity contribution in [3.63, 3.8) is 0 Å². The van der Waals surface area contributed by atoms with E-state index in [1.54, 1.807) is 18.6 Å². The van der Waals surface area contributed by atoms with Crippen molar-refractivity contribution in [1.82, 2.24) is 15.0 Å². The number of fused-ring (bicyclic) bond motifs is 1. The Kier molecular flexibility index (Phi) is 3.23. The average Bonchev–Trinajstić information content (AvgIpc) is 3.00. The van der Waals surface area contributed by atoms with Gasteiger partial charge in [-0.05, 0) is 25.0 Å². The molecule has 0 bridgehead atoms.